The molecule has 14 heteroatoms. The van der Waals surface area contributed by atoms with Crippen LogP contribution in [0.15, 0.2) is 37.0 Å². The van der Waals surface area contributed by atoms with Crippen molar-refractivity contribution in [1.82, 2.24) is 30.6 Å². The maximum atomic E-state index is 12.6. The van der Waals surface area contributed by atoms with Crippen molar-refractivity contribution in [3.63, 3.8) is 0 Å². The molecule has 6 atom stereocenters. The number of nitrogens with one attached hydrogen (secondary N) is 4. The van der Waals surface area contributed by atoms with Gasteiger partial charge in [0.1, 0.15) is 36.3 Å². The number of hydrogen-bond acceptors (Lipinski definition) is 11. The van der Waals surface area contributed by atoms with Gasteiger partial charge in [0.05, 0.1) is 25.5 Å². The van der Waals surface area contributed by atoms with Crippen molar-refractivity contribution in [1.29, 1.82) is 0 Å². The summed E-state index contributed by atoms with van der Waals surface area (Å²) in [6.45, 7) is 1.04. The highest BCUT2D eigenvalue weighted by Gasteiger charge is 2.48. The Morgan fingerprint density at radius 3 is 2.60 bits per heavy atom. The van der Waals surface area contributed by atoms with E-state index in [1.54, 1.807) is 12.2 Å². The first-order valence-electron chi connectivity index (χ1n) is 14.5. The summed E-state index contributed by atoms with van der Waals surface area (Å²) in [5.41, 5.74) is 0.776. The molecule has 1 fully saturated rings. The molecule has 2 aromatic heterocycles. The summed E-state index contributed by atoms with van der Waals surface area (Å²) in [6, 6.07) is -1.30. The van der Waals surface area contributed by atoms with Crippen LogP contribution in [-0.4, -0.2) is 102 Å². The molecule has 42 heavy (non-hydrogen) atoms. The van der Waals surface area contributed by atoms with Crippen molar-refractivity contribution in [3.05, 3.63) is 37.0 Å². The normalized spacial score (nSPS) is 23.4. The molecule has 0 unspecified atom stereocenters. The van der Waals surface area contributed by atoms with Crippen LogP contribution >= 0.6 is 0 Å². The van der Waals surface area contributed by atoms with Gasteiger partial charge >= 0.3 is 0 Å². The molecule has 0 aromatic carbocycles. The highest BCUT2D eigenvalue weighted by molar-refractivity contribution is 5.91. The third-order valence-electron chi connectivity index (χ3n) is 6.97. The van der Waals surface area contributed by atoms with Crippen molar-refractivity contribution < 1.29 is 34.8 Å². The molecule has 0 aliphatic carbocycles. The number of H-pyrrole nitrogens is 1. The number of aromatic nitrogens is 4. The van der Waals surface area contributed by atoms with E-state index in [0.29, 0.717) is 11.2 Å². The Hall–Kier alpha value is -3.43. The number of rotatable bonds is 17. The monoisotopic (exact) mass is 589 g/mol. The Bertz CT molecular complexity index is 1170. The van der Waals surface area contributed by atoms with E-state index < -0.39 is 61.7 Å². The second kappa shape index (κ2) is 17.5. The minimum Gasteiger partial charge on any atom is -0.394 e. The van der Waals surface area contributed by atoms with Gasteiger partial charge in [0.25, 0.3) is 0 Å². The second-order valence-electron chi connectivity index (χ2n) is 10.2. The van der Waals surface area contributed by atoms with Crippen LogP contribution in [0.1, 0.15) is 58.3 Å². The van der Waals surface area contributed by atoms with Crippen LogP contribution < -0.4 is 16.0 Å². The van der Waals surface area contributed by atoms with Gasteiger partial charge < -0.3 is 46.1 Å². The van der Waals surface area contributed by atoms with Crippen molar-refractivity contribution >= 4 is 28.8 Å². The molecular formula is C28H43N7O7. The summed E-state index contributed by atoms with van der Waals surface area (Å²) < 4.78 is 5.77. The number of fused-ring (bicyclic) bond motifs is 1. The highest BCUT2D eigenvalue weighted by atomic mass is 16.5. The van der Waals surface area contributed by atoms with Gasteiger partial charge in [-0.15, -0.1) is 0 Å². The summed E-state index contributed by atoms with van der Waals surface area (Å²) in [7, 11) is 0. The Morgan fingerprint density at radius 1 is 1.07 bits per heavy atom. The molecule has 0 spiro atoms. The number of nitrogens with zero attached hydrogens (tertiary/aromatic N) is 3. The number of unbranched alkanes of at least 4 members (excludes halogenated alkanes) is 7. The number of carbonyl (C=O) groups excluding carboxylic acids is 2. The third kappa shape index (κ3) is 9.84. The van der Waals surface area contributed by atoms with E-state index in [9.17, 15) is 30.0 Å². The zero-order valence-corrected chi connectivity index (χ0v) is 23.9. The Labute approximate surface area is 244 Å². The SMILES string of the molecule is CCCCCCCCC/C=C/C=C/C(=O)NCC(=O)N[C@@H]1[C@@H](O)[C@@H](O)[C@@H](Nc2ncnc3nc[nH]c23)O[C@@H]1[C@@H](O)CO. The molecule has 1 saturated heterocycles. The molecule has 8 N–H and O–H groups in total. The van der Waals surface area contributed by atoms with E-state index in [-0.39, 0.29) is 5.82 Å². The average molecular weight is 590 g/mol. The number of aliphatic hydroxyl groups excluding tert-OH is 4. The largest absolute Gasteiger partial charge is 0.394 e. The molecule has 1 aliphatic heterocycles. The van der Waals surface area contributed by atoms with Crippen LogP contribution in [0.5, 0.6) is 0 Å². The van der Waals surface area contributed by atoms with Crippen LogP contribution in [0.2, 0.25) is 0 Å². The van der Waals surface area contributed by atoms with E-state index in [1.807, 2.05) is 6.08 Å². The molecule has 0 bridgehead atoms. The number of aliphatic hydroxyl groups is 4. The standard InChI is InChI=1S/C28H43N7O7/c1-2-3-4-5-6-7-8-9-10-11-12-13-19(38)29-14-20(39)34-21-23(40)24(41)28(42-25(21)18(37)15-36)35-27-22-26(31-16-30-22)32-17-33-27/h10-13,16-18,21,23-25,28,36-37,40-41H,2-9,14-15H2,1H3,(H,29,38)(H,34,39)(H2,30,31,32,33,35)/b11-10+,13-12+/t18-,21+,23+,24+,25+,28-/m0/s1. The highest BCUT2D eigenvalue weighted by Crippen LogP contribution is 2.26. The first-order chi connectivity index (χ1) is 20.3. The van der Waals surface area contributed by atoms with Gasteiger partial charge in [-0.05, 0) is 12.8 Å². The summed E-state index contributed by atoms with van der Waals surface area (Å²) >= 11 is 0. The molecule has 0 radical (unpaired) electrons. The fourth-order valence-electron chi connectivity index (χ4n) is 4.65. The summed E-state index contributed by atoms with van der Waals surface area (Å²) in [5, 5.41) is 49.2. The molecule has 0 saturated carbocycles. The summed E-state index contributed by atoms with van der Waals surface area (Å²) in [5.74, 6) is -0.961. The van der Waals surface area contributed by atoms with E-state index in [0.717, 1.165) is 12.8 Å². The van der Waals surface area contributed by atoms with Crippen molar-refractivity contribution in [2.75, 3.05) is 18.5 Å². The number of imidazole rings is 1. The zero-order chi connectivity index (χ0) is 30.3. The fourth-order valence-corrected chi connectivity index (χ4v) is 4.65. The van der Waals surface area contributed by atoms with Crippen LogP contribution in [0.3, 0.4) is 0 Å². The molecule has 3 heterocycles. The first kappa shape index (κ1) is 33.1. The smallest absolute Gasteiger partial charge is 0.244 e. The molecule has 14 nitrogen and oxygen atoms in total. The maximum Gasteiger partial charge on any atom is 0.244 e. The van der Waals surface area contributed by atoms with Crippen LogP contribution in [-0.2, 0) is 14.3 Å². The third-order valence-corrected chi connectivity index (χ3v) is 6.97. The van der Waals surface area contributed by atoms with Crippen molar-refractivity contribution in [2.45, 2.75) is 95.0 Å². The lowest BCUT2D eigenvalue weighted by Crippen LogP contribution is -2.68. The van der Waals surface area contributed by atoms with Gasteiger partial charge in [0.15, 0.2) is 17.7 Å². The minimum absolute atomic E-state index is 0.219. The fraction of sp³-hybridized carbons (Fsp3) is 0.607. The minimum atomic E-state index is -1.61. The second-order valence-corrected chi connectivity index (χ2v) is 10.2. The quantitative estimate of drug-likeness (QED) is 0.0719. The Kier molecular flexibility index (Phi) is 13.8. The van der Waals surface area contributed by atoms with Gasteiger partial charge in [0, 0.05) is 6.08 Å². The predicted octanol–water partition coefficient (Wildman–Crippen LogP) is 0.419. The number of ether oxygens (including phenoxy) is 1. The van der Waals surface area contributed by atoms with Gasteiger partial charge in [-0.25, -0.2) is 15.0 Å². The lowest BCUT2D eigenvalue weighted by molar-refractivity contribution is -0.204. The summed E-state index contributed by atoms with van der Waals surface area (Å²) in [4.78, 5) is 39.6. The number of amides is 2. The van der Waals surface area contributed by atoms with Gasteiger partial charge in [0.2, 0.25) is 11.8 Å². The van der Waals surface area contributed by atoms with Crippen LogP contribution in [0, 0.1) is 0 Å². The van der Waals surface area contributed by atoms with E-state index in [1.165, 1.54) is 57.3 Å². The lowest BCUT2D eigenvalue weighted by atomic mass is 9.92. The first-order valence-corrected chi connectivity index (χ1v) is 14.5. The molecule has 2 aromatic rings. The Balaban J connectivity index is 1.46. The van der Waals surface area contributed by atoms with Crippen LogP contribution in [0.25, 0.3) is 11.2 Å². The Morgan fingerprint density at radius 2 is 1.83 bits per heavy atom. The number of aromatic amines is 1. The topological polar surface area (TPSA) is 215 Å². The number of hydrogen-bond donors (Lipinski definition) is 8. The van der Waals surface area contributed by atoms with Gasteiger partial charge in [-0.1, -0.05) is 63.7 Å². The average Bonchev–Trinajstić information content (AvgIpc) is 3.48. The maximum absolute atomic E-state index is 12.6. The number of anilines is 1. The molecule has 232 valence electrons. The van der Waals surface area contributed by atoms with Gasteiger partial charge in [-0.3, -0.25) is 9.59 Å². The van der Waals surface area contributed by atoms with Crippen LogP contribution in [0.4, 0.5) is 5.82 Å². The van der Waals surface area contributed by atoms with Crippen molar-refractivity contribution in [2.24, 2.45) is 0 Å². The molecule has 2 amide bonds. The van der Waals surface area contributed by atoms with Crippen molar-refractivity contribution in [3.8, 4) is 0 Å². The van der Waals surface area contributed by atoms with E-state index in [2.05, 4.69) is 42.8 Å². The molecule has 3 rings (SSSR count). The van der Waals surface area contributed by atoms with E-state index >= 15 is 0 Å². The molecular weight excluding hydrogens is 546 g/mol. The van der Waals surface area contributed by atoms with Gasteiger partial charge in [-0.2, -0.15) is 0 Å². The number of allylic oxidation sites excluding steroid dienone is 3. The van der Waals surface area contributed by atoms with E-state index in [4.69, 9.17) is 4.74 Å². The lowest BCUT2D eigenvalue weighted by Gasteiger charge is -2.44. The number of carbonyl (C=O) groups is 2. The molecule has 1 aliphatic rings. The predicted molar refractivity (Wildman–Crippen MR) is 155 cm³/mol. The summed E-state index contributed by atoms with van der Waals surface area (Å²) in [6.07, 6.45) is 11.6. The zero-order valence-electron chi connectivity index (χ0n) is 23.9.